The highest BCUT2D eigenvalue weighted by molar-refractivity contribution is 6.74. The van der Waals surface area contributed by atoms with Crippen LogP contribution in [0.15, 0.2) is 40.8 Å². The van der Waals surface area contributed by atoms with Gasteiger partial charge in [0, 0.05) is 11.3 Å². The Morgan fingerprint density at radius 1 is 1.15 bits per heavy atom. The summed E-state index contributed by atoms with van der Waals surface area (Å²) in [6.45, 7) is 22.5. The lowest BCUT2D eigenvalue weighted by atomic mass is 9.92. The van der Waals surface area contributed by atoms with Gasteiger partial charge in [0.25, 0.3) is 0 Å². The number of aromatic nitrogens is 2. The van der Waals surface area contributed by atoms with Crippen molar-refractivity contribution in [1.29, 1.82) is 0 Å². The molecule has 0 saturated carbocycles. The Labute approximate surface area is 208 Å². The van der Waals surface area contributed by atoms with E-state index in [2.05, 4.69) is 55.8 Å². The van der Waals surface area contributed by atoms with E-state index in [1.807, 2.05) is 37.3 Å². The highest BCUT2D eigenvalue weighted by atomic mass is 35.5. The Morgan fingerprint density at radius 2 is 1.79 bits per heavy atom. The third-order valence-electron chi connectivity index (χ3n) is 6.81. The first kappa shape index (κ1) is 26.0. The highest BCUT2D eigenvalue weighted by Gasteiger charge is 2.41. The minimum atomic E-state index is -2.05. The van der Waals surface area contributed by atoms with Gasteiger partial charge < -0.3 is 14.6 Å². The van der Waals surface area contributed by atoms with Gasteiger partial charge in [-0.2, -0.15) is 0 Å². The van der Waals surface area contributed by atoms with Crippen LogP contribution in [0, 0.1) is 13.5 Å². The van der Waals surface area contributed by atoms with E-state index in [1.54, 1.807) is 6.07 Å². The maximum Gasteiger partial charge on any atom is 0.247 e. The molecule has 0 aliphatic heterocycles. The van der Waals surface area contributed by atoms with Gasteiger partial charge in [0.2, 0.25) is 17.5 Å². The second kappa shape index (κ2) is 9.91. The lowest BCUT2D eigenvalue weighted by Gasteiger charge is -2.40. The normalized spacial score (nSPS) is 14.0. The highest BCUT2D eigenvalue weighted by Crippen LogP contribution is 2.40. The molecule has 6 nitrogen and oxygen atoms in total. The molecular formula is C26H33ClN4O2Si. The van der Waals surface area contributed by atoms with Gasteiger partial charge in [-0.05, 0) is 73.8 Å². The fraction of sp³-hybridized carbons (Fsp3) is 0.423. The van der Waals surface area contributed by atoms with E-state index in [9.17, 15) is 0 Å². The van der Waals surface area contributed by atoms with Crippen LogP contribution in [0.25, 0.3) is 16.3 Å². The zero-order valence-electron chi connectivity index (χ0n) is 20.9. The molecule has 8 heteroatoms. The van der Waals surface area contributed by atoms with E-state index >= 15 is 0 Å². The minimum Gasteiger partial charge on any atom is -0.420 e. The lowest BCUT2D eigenvalue weighted by molar-refractivity contribution is 0.154. The van der Waals surface area contributed by atoms with Crippen LogP contribution in [0.1, 0.15) is 50.6 Å². The number of nitrogens with two attached hydrogens (primary N) is 1. The number of halogens is 1. The SMILES string of the molecule is [C-]#[N+]c1ccc(C[C@@H](c2nnc(-c3ccc(N)cc3)o2)[C@@H](C)O[Si](C)(C)C(C)(C)C)c(C)c1Cl. The third kappa shape index (κ3) is 5.52. The Bertz CT molecular complexity index is 1190. The van der Waals surface area contributed by atoms with Crippen molar-refractivity contribution in [1.82, 2.24) is 10.2 Å². The monoisotopic (exact) mass is 496 g/mol. The average Bonchev–Trinajstić information content (AvgIpc) is 3.24. The molecule has 1 aromatic heterocycles. The topological polar surface area (TPSA) is 78.5 Å². The van der Waals surface area contributed by atoms with Gasteiger partial charge in [-0.15, -0.1) is 10.2 Å². The number of benzene rings is 2. The van der Waals surface area contributed by atoms with Crippen LogP contribution < -0.4 is 5.73 Å². The predicted molar refractivity (Wildman–Crippen MR) is 141 cm³/mol. The van der Waals surface area contributed by atoms with E-state index in [0.29, 0.717) is 34.6 Å². The standard InChI is InChI=1S/C26H33ClN4O2Si/c1-16-19(11-14-22(29-6)23(16)27)15-21(17(2)33-34(7,8)26(3,4)5)25-31-30-24(32-25)18-9-12-20(28)13-10-18/h9-14,17,21H,15,28H2,1-5,7-8H3/t17-,21-/m1/s1. The van der Waals surface area contributed by atoms with Crippen molar-refractivity contribution in [3.05, 3.63) is 69.9 Å². The molecule has 180 valence electrons. The molecule has 0 saturated heterocycles. The molecule has 0 bridgehead atoms. The first-order valence-electron chi connectivity index (χ1n) is 11.4. The van der Waals surface area contributed by atoms with Crippen molar-refractivity contribution < 1.29 is 8.84 Å². The molecule has 34 heavy (non-hydrogen) atoms. The number of anilines is 1. The number of hydrogen-bond acceptors (Lipinski definition) is 5. The van der Waals surface area contributed by atoms with Crippen molar-refractivity contribution in [2.45, 2.75) is 71.2 Å². The van der Waals surface area contributed by atoms with Crippen molar-refractivity contribution >= 4 is 31.3 Å². The summed E-state index contributed by atoms with van der Waals surface area (Å²) in [5, 5.41) is 9.27. The van der Waals surface area contributed by atoms with Crippen molar-refractivity contribution in [3.63, 3.8) is 0 Å². The number of nitrogen functional groups attached to an aromatic ring is 1. The number of nitrogens with zero attached hydrogens (tertiary/aromatic N) is 3. The van der Waals surface area contributed by atoms with Crippen LogP contribution in [0.4, 0.5) is 11.4 Å². The van der Waals surface area contributed by atoms with E-state index in [4.69, 9.17) is 32.7 Å². The summed E-state index contributed by atoms with van der Waals surface area (Å²) in [7, 11) is -2.05. The first-order valence-corrected chi connectivity index (χ1v) is 14.6. The summed E-state index contributed by atoms with van der Waals surface area (Å²) in [6.07, 6.45) is 0.433. The zero-order valence-corrected chi connectivity index (χ0v) is 22.7. The fourth-order valence-electron chi connectivity index (χ4n) is 3.56. The third-order valence-corrected chi connectivity index (χ3v) is 11.9. The zero-order chi connectivity index (χ0) is 25.3. The maximum atomic E-state index is 7.33. The number of rotatable bonds is 7. The lowest BCUT2D eigenvalue weighted by Crippen LogP contribution is -2.44. The van der Waals surface area contributed by atoms with Crippen LogP contribution in [0.3, 0.4) is 0 Å². The molecule has 2 N–H and O–H groups in total. The summed E-state index contributed by atoms with van der Waals surface area (Å²) in [4.78, 5) is 3.51. The molecule has 0 unspecified atom stereocenters. The molecule has 0 amide bonds. The Morgan fingerprint density at radius 3 is 2.38 bits per heavy atom. The van der Waals surface area contributed by atoms with Gasteiger partial charge in [-0.3, -0.25) is 0 Å². The van der Waals surface area contributed by atoms with Crippen molar-refractivity contribution in [2.75, 3.05) is 5.73 Å². The van der Waals surface area contributed by atoms with Gasteiger partial charge in [0.05, 0.1) is 23.6 Å². The molecular weight excluding hydrogens is 464 g/mol. The Balaban J connectivity index is 2.00. The molecule has 0 spiro atoms. The Kier molecular flexibility index (Phi) is 7.56. The van der Waals surface area contributed by atoms with E-state index in [0.717, 1.165) is 16.7 Å². The van der Waals surface area contributed by atoms with Crippen molar-refractivity contribution in [2.24, 2.45) is 0 Å². The van der Waals surface area contributed by atoms with Gasteiger partial charge in [-0.25, -0.2) is 4.85 Å². The Hall–Kier alpha value is -2.66. The largest absolute Gasteiger partial charge is 0.420 e. The summed E-state index contributed by atoms with van der Waals surface area (Å²) >= 11 is 6.47. The average molecular weight is 497 g/mol. The molecule has 0 aliphatic rings. The first-order chi connectivity index (χ1) is 15.8. The van der Waals surface area contributed by atoms with Gasteiger partial charge >= 0.3 is 0 Å². The van der Waals surface area contributed by atoms with Crippen molar-refractivity contribution in [3.8, 4) is 11.5 Å². The van der Waals surface area contributed by atoms with E-state index < -0.39 is 8.32 Å². The molecule has 0 radical (unpaired) electrons. The van der Waals surface area contributed by atoms with E-state index in [1.165, 1.54) is 0 Å². The number of hydrogen-bond donors (Lipinski definition) is 1. The molecule has 2 aromatic carbocycles. The van der Waals surface area contributed by atoms with Crippen LogP contribution in [-0.2, 0) is 10.8 Å². The van der Waals surface area contributed by atoms with Gasteiger partial charge in [-0.1, -0.05) is 44.5 Å². The van der Waals surface area contributed by atoms with Gasteiger partial charge in [0.1, 0.15) is 0 Å². The van der Waals surface area contributed by atoms with Crippen LogP contribution in [0.5, 0.6) is 0 Å². The minimum absolute atomic E-state index is 0.0618. The summed E-state index contributed by atoms with van der Waals surface area (Å²) in [6, 6.07) is 11.1. The second-order valence-corrected chi connectivity index (χ2v) is 15.4. The molecule has 0 fully saturated rings. The quantitative estimate of drug-likeness (QED) is 0.207. The fourth-order valence-corrected chi connectivity index (χ4v) is 5.23. The van der Waals surface area contributed by atoms with Crippen LogP contribution in [-0.4, -0.2) is 24.6 Å². The molecule has 2 atom stereocenters. The predicted octanol–water partition coefficient (Wildman–Crippen LogP) is 7.57. The smallest absolute Gasteiger partial charge is 0.247 e. The van der Waals surface area contributed by atoms with Crippen LogP contribution in [0.2, 0.25) is 23.2 Å². The maximum absolute atomic E-state index is 7.33. The summed E-state index contributed by atoms with van der Waals surface area (Å²) in [5.74, 6) is 0.776. The van der Waals surface area contributed by atoms with Crippen LogP contribution >= 0.6 is 11.6 Å². The molecule has 3 aromatic rings. The summed E-state index contributed by atoms with van der Waals surface area (Å²) < 4.78 is 12.9. The second-order valence-electron chi connectivity index (χ2n) is 10.3. The molecule has 0 aliphatic carbocycles. The van der Waals surface area contributed by atoms with Gasteiger partial charge in [0.15, 0.2) is 8.32 Å². The summed E-state index contributed by atoms with van der Waals surface area (Å²) in [5.41, 5.74) is 9.67. The molecule has 3 rings (SSSR count). The van der Waals surface area contributed by atoms with E-state index in [-0.39, 0.29) is 17.1 Å². The molecule has 1 heterocycles.